The predicted octanol–water partition coefficient (Wildman–Crippen LogP) is 4.98. The number of nitrogens with one attached hydrogen (secondary N) is 1. The van der Waals surface area contributed by atoms with Crippen LogP contribution in [-0.2, 0) is 0 Å². The zero-order valence-corrected chi connectivity index (χ0v) is 18.5. The summed E-state index contributed by atoms with van der Waals surface area (Å²) >= 11 is 9.87. The van der Waals surface area contributed by atoms with E-state index in [1.54, 1.807) is 28.7 Å². The van der Waals surface area contributed by atoms with Crippen molar-refractivity contribution >= 4 is 44.9 Å². The van der Waals surface area contributed by atoms with Crippen LogP contribution in [0, 0.1) is 0 Å². The van der Waals surface area contributed by atoms with E-state index < -0.39 is 0 Å². The van der Waals surface area contributed by atoms with E-state index in [-0.39, 0.29) is 5.91 Å². The highest BCUT2D eigenvalue weighted by atomic mass is 79.9. The van der Waals surface area contributed by atoms with Gasteiger partial charge in [-0.25, -0.2) is 4.98 Å². The summed E-state index contributed by atoms with van der Waals surface area (Å²) < 4.78 is 7.52. The molecule has 0 bridgehead atoms. The molecule has 0 aliphatic carbocycles. The van der Waals surface area contributed by atoms with Crippen LogP contribution in [0.3, 0.4) is 0 Å². The van der Waals surface area contributed by atoms with Crippen LogP contribution in [0.15, 0.2) is 64.0 Å². The number of amides is 1. The first kappa shape index (κ1) is 20.4. The van der Waals surface area contributed by atoms with Gasteiger partial charge in [0, 0.05) is 36.8 Å². The number of carbonyl (C=O) groups is 1. The van der Waals surface area contributed by atoms with Crippen LogP contribution in [0.4, 0.5) is 5.82 Å². The summed E-state index contributed by atoms with van der Waals surface area (Å²) in [4.78, 5) is 18.7. The van der Waals surface area contributed by atoms with Gasteiger partial charge in [0.1, 0.15) is 12.1 Å². The lowest BCUT2D eigenvalue weighted by atomic mass is 10.1. The van der Waals surface area contributed by atoms with Gasteiger partial charge >= 0.3 is 0 Å². The van der Waals surface area contributed by atoms with E-state index in [1.807, 2.05) is 30.3 Å². The van der Waals surface area contributed by atoms with Crippen molar-refractivity contribution in [3.05, 3.63) is 70.2 Å². The van der Waals surface area contributed by atoms with Gasteiger partial charge in [0.15, 0.2) is 5.65 Å². The Kier molecular flexibility index (Phi) is 6.06. The average Bonchev–Trinajstić information content (AvgIpc) is 3.41. The number of rotatable bonds is 7. The van der Waals surface area contributed by atoms with Gasteiger partial charge in [-0.3, -0.25) is 4.79 Å². The lowest BCUT2D eigenvalue weighted by Crippen LogP contribution is -2.28. The first-order valence-corrected chi connectivity index (χ1v) is 10.5. The number of hydrogen-bond donors (Lipinski definition) is 1. The molecule has 0 aliphatic rings. The molecule has 0 atom stereocenters. The lowest BCUT2D eigenvalue weighted by molar-refractivity contribution is 0.0794. The molecule has 1 aromatic carbocycles. The fourth-order valence-corrected chi connectivity index (χ4v) is 3.69. The number of nitrogens with zero attached hydrogens (tertiary/aromatic N) is 4. The first-order chi connectivity index (χ1) is 14.5. The second kappa shape index (κ2) is 8.89. The van der Waals surface area contributed by atoms with E-state index >= 15 is 0 Å². The maximum absolute atomic E-state index is 12.3. The molecular formula is C21H19BrClN5O2. The molecule has 0 unspecified atom stereocenters. The van der Waals surface area contributed by atoms with Gasteiger partial charge in [-0.1, -0.05) is 29.8 Å². The monoisotopic (exact) mass is 487 g/mol. The van der Waals surface area contributed by atoms with Crippen LogP contribution in [0.5, 0.6) is 0 Å². The molecule has 0 saturated heterocycles. The third-order valence-corrected chi connectivity index (χ3v) is 5.56. The number of benzene rings is 1. The second-order valence-electron chi connectivity index (χ2n) is 6.75. The molecule has 0 saturated carbocycles. The Bertz CT molecular complexity index is 1180. The van der Waals surface area contributed by atoms with E-state index in [0.29, 0.717) is 29.3 Å². The lowest BCUT2D eigenvalue weighted by Gasteiger charge is -2.17. The number of halogens is 2. The summed E-state index contributed by atoms with van der Waals surface area (Å²) in [6.45, 7) is 1.26. The number of furan rings is 1. The van der Waals surface area contributed by atoms with E-state index in [9.17, 15) is 4.79 Å². The Balaban J connectivity index is 1.48. The molecule has 3 heterocycles. The molecule has 9 heteroatoms. The van der Waals surface area contributed by atoms with Crippen molar-refractivity contribution in [1.82, 2.24) is 19.5 Å². The van der Waals surface area contributed by atoms with Crippen molar-refractivity contribution < 1.29 is 9.21 Å². The zero-order chi connectivity index (χ0) is 21.1. The summed E-state index contributed by atoms with van der Waals surface area (Å²) in [5, 5.41) is 8.42. The van der Waals surface area contributed by atoms with Crippen molar-refractivity contribution in [3.63, 3.8) is 0 Å². The van der Waals surface area contributed by atoms with Crippen LogP contribution >= 0.6 is 27.5 Å². The van der Waals surface area contributed by atoms with E-state index in [4.69, 9.17) is 21.0 Å². The summed E-state index contributed by atoms with van der Waals surface area (Å²) in [6.07, 6.45) is 5.42. The maximum Gasteiger partial charge on any atom is 0.256 e. The fourth-order valence-electron chi connectivity index (χ4n) is 3.11. The highest BCUT2D eigenvalue weighted by Gasteiger charge is 2.14. The Morgan fingerprint density at radius 3 is 2.93 bits per heavy atom. The Morgan fingerprint density at radius 2 is 2.17 bits per heavy atom. The molecule has 7 nitrogen and oxygen atoms in total. The molecule has 1 amide bonds. The van der Waals surface area contributed by atoms with E-state index in [2.05, 4.69) is 26.3 Å². The van der Waals surface area contributed by atoms with Gasteiger partial charge in [-0.05, 0) is 34.5 Å². The smallest absolute Gasteiger partial charge is 0.256 e. The molecule has 0 aliphatic heterocycles. The van der Waals surface area contributed by atoms with E-state index in [1.165, 1.54) is 12.5 Å². The van der Waals surface area contributed by atoms with Crippen LogP contribution in [0.1, 0.15) is 16.8 Å². The topological polar surface area (TPSA) is 75.7 Å². The molecule has 1 N–H and O–H groups in total. The quantitative estimate of drug-likeness (QED) is 0.371. The van der Waals surface area contributed by atoms with Gasteiger partial charge in [0.2, 0.25) is 0 Å². The second-order valence-corrected chi connectivity index (χ2v) is 8.01. The number of fused-ring (bicyclic) bond motifs is 1. The third-order valence-electron chi connectivity index (χ3n) is 4.67. The Morgan fingerprint density at radius 1 is 1.33 bits per heavy atom. The Hall–Kier alpha value is -2.84. The van der Waals surface area contributed by atoms with Crippen LogP contribution in [0.25, 0.3) is 16.9 Å². The molecule has 0 spiro atoms. The summed E-state index contributed by atoms with van der Waals surface area (Å²) in [5.41, 5.74) is 2.85. The minimum Gasteiger partial charge on any atom is -0.472 e. The largest absolute Gasteiger partial charge is 0.472 e. The summed E-state index contributed by atoms with van der Waals surface area (Å²) in [6, 6.07) is 11.2. The van der Waals surface area contributed by atoms with Crippen molar-refractivity contribution in [2.75, 3.05) is 25.5 Å². The van der Waals surface area contributed by atoms with Crippen molar-refractivity contribution in [3.8, 4) is 11.3 Å². The highest BCUT2D eigenvalue weighted by molar-refractivity contribution is 9.10. The van der Waals surface area contributed by atoms with Gasteiger partial charge in [0.25, 0.3) is 5.91 Å². The van der Waals surface area contributed by atoms with Gasteiger partial charge < -0.3 is 14.6 Å². The zero-order valence-electron chi connectivity index (χ0n) is 16.2. The number of hydrogen-bond acceptors (Lipinski definition) is 5. The third kappa shape index (κ3) is 4.20. The molecule has 3 aromatic heterocycles. The minimum absolute atomic E-state index is 0.0629. The van der Waals surface area contributed by atoms with Gasteiger partial charge in [0.05, 0.1) is 28.2 Å². The molecule has 30 heavy (non-hydrogen) atoms. The minimum atomic E-state index is -0.0629. The number of aromatic nitrogens is 3. The van der Waals surface area contributed by atoms with Crippen LogP contribution in [-0.4, -0.2) is 45.5 Å². The standard InChI is InChI=1S/C21H19BrClN5O2/c1-27(21(29)14-7-10-30-13-14)9-4-8-24-19-11-18(15-5-2-3-6-17(15)23)26-20-16(22)12-25-28(19)20/h2-3,5-7,10-13,24H,4,8-9H2,1H3. The van der Waals surface area contributed by atoms with E-state index in [0.717, 1.165) is 28.0 Å². The molecule has 154 valence electrons. The predicted molar refractivity (Wildman–Crippen MR) is 120 cm³/mol. The highest BCUT2D eigenvalue weighted by Crippen LogP contribution is 2.30. The molecule has 0 radical (unpaired) electrons. The molecule has 0 fully saturated rings. The number of carbonyl (C=O) groups excluding carboxylic acids is 1. The van der Waals surface area contributed by atoms with Crippen LogP contribution in [0.2, 0.25) is 5.02 Å². The molecule has 4 aromatic rings. The molecule has 4 rings (SSSR count). The van der Waals surface area contributed by atoms with Crippen molar-refractivity contribution in [2.24, 2.45) is 0 Å². The van der Waals surface area contributed by atoms with Crippen molar-refractivity contribution in [2.45, 2.75) is 6.42 Å². The maximum atomic E-state index is 12.3. The van der Waals surface area contributed by atoms with Crippen molar-refractivity contribution in [1.29, 1.82) is 0 Å². The average molecular weight is 489 g/mol. The van der Waals surface area contributed by atoms with Crippen LogP contribution < -0.4 is 5.32 Å². The summed E-state index contributed by atoms with van der Waals surface area (Å²) in [7, 11) is 1.78. The summed E-state index contributed by atoms with van der Waals surface area (Å²) in [5.74, 6) is 0.733. The fraction of sp³-hybridized carbons (Fsp3) is 0.190. The van der Waals surface area contributed by atoms with Gasteiger partial charge in [-0.2, -0.15) is 9.61 Å². The Labute approximate surface area is 186 Å². The normalized spacial score (nSPS) is 11.0. The number of anilines is 1. The molecular weight excluding hydrogens is 470 g/mol. The SMILES string of the molecule is CN(CCCNc1cc(-c2ccccc2Cl)nc2c(Br)cnn12)C(=O)c1ccoc1. The van der Waals surface area contributed by atoms with Gasteiger partial charge in [-0.15, -0.1) is 0 Å². The first-order valence-electron chi connectivity index (χ1n) is 9.35.